The molecule has 3 N–H and O–H groups in total. The number of nitrogens with zero attached hydrogens (tertiary/aromatic N) is 1. The van der Waals surface area contributed by atoms with Gasteiger partial charge in [0.05, 0.1) is 12.8 Å². The number of rotatable bonds is 7. The molecule has 8 heteroatoms. The molecule has 0 heterocycles. The van der Waals surface area contributed by atoms with E-state index in [1.54, 1.807) is 36.4 Å². The second-order valence-corrected chi connectivity index (χ2v) is 6.09. The number of hydrazone groups is 1. The van der Waals surface area contributed by atoms with Gasteiger partial charge in [-0.15, -0.1) is 0 Å². The van der Waals surface area contributed by atoms with E-state index in [2.05, 4.69) is 31.8 Å². The van der Waals surface area contributed by atoms with E-state index < -0.39 is 11.8 Å². The van der Waals surface area contributed by atoms with E-state index in [-0.39, 0.29) is 12.2 Å². The van der Waals surface area contributed by atoms with Gasteiger partial charge in [0.15, 0.2) is 0 Å². The second-order valence-electron chi connectivity index (χ2n) is 5.18. The first kappa shape index (κ1) is 19.5. The van der Waals surface area contributed by atoms with Crippen LogP contribution in [-0.2, 0) is 9.59 Å². The van der Waals surface area contributed by atoms with E-state index in [4.69, 9.17) is 4.74 Å². The summed E-state index contributed by atoms with van der Waals surface area (Å²) in [6, 6.07) is 11.7. The van der Waals surface area contributed by atoms with E-state index >= 15 is 0 Å². The van der Waals surface area contributed by atoms with Gasteiger partial charge < -0.3 is 15.2 Å². The number of phenols is 1. The molecule has 0 fully saturated rings. The Morgan fingerprint density at radius 1 is 1.19 bits per heavy atom. The zero-order valence-corrected chi connectivity index (χ0v) is 15.6. The third-order valence-electron chi connectivity index (χ3n) is 3.15. The smallest absolute Gasteiger partial charge is 0.249 e. The number of hydrogen-bond donors (Lipinski definition) is 3. The number of carbonyl (C=O) groups excluding carboxylic acids is 2. The van der Waals surface area contributed by atoms with Gasteiger partial charge in [0, 0.05) is 15.7 Å². The highest BCUT2D eigenvalue weighted by molar-refractivity contribution is 9.10. The monoisotopic (exact) mass is 419 g/mol. The highest BCUT2D eigenvalue weighted by Gasteiger charge is 2.09. The van der Waals surface area contributed by atoms with Crippen LogP contribution < -0.4 is 15.5 Å². The summed E-state index contributed by atoms with van der Waals surface area (Å²) in [6.07, 6.45) is 0.914. The van der Waals surface area contributed by atoms with Crippen molar-refractivity contribution in [3.63, 3.8) is 0 Å². The van der Waals surface area contributed by atoms with Crippen molar-refractivity contribution in [2.24, 2.45) is 5.10 Å². The van der Waals surface area contributed by atoms with E-state index in [0.717, 1.165) is 4.47 Å². The number of carbonyl (C=O) groups is 2. The number of halogens is 1. The summed E-state index contributed by atoms with van der Waals surface area (Å²) >= 11 is 3.27. The lowest BCUT2D eigenvalue weighted by atomic mass is 10.2. The zero-order chi connectivity index (χ0) is 18.9. The van der Waals surface area contributed by atoms with Gasteiger partial charge in [-0.25, -0.2) is 5.43 Å². The number of aromatic hydroxyl groups is 1. The molecule has 0 aliphatic heterocycles. The topological polar surface area (TPSA) is 100 Å². The average molecular weight is 420 g/mol. The van der Waals surface area contributed by atoms with Crippen molar-refractivity contribution in [3.8, 4) is 11.5 Å². The van der Waals surface area contributed by atoms with Crippen LogP contribution in [0.2, 0.25) is 0 Å². The lowest BCUT2D eigenvalue weighted by Crippen LogP contribution is -2.24. The van der Waals surface area contributed by atoms with Crippen LogP contribution in [0.5, 0.6) is 11.5 Å². The fourth-order valence-electron chi connectivity index (χ4n) is 1.99. The third kappa shape index (κ3) is 6.21. The van der Waals surface area contributed by atoms with Crippen molar-refractivity contribution in [1.29, 1.82) is 0 Å². The molecule has 26 heavy (non-hydrogen) atoms. The molecule has 0 aromatic heterocycles. The number of benzene rings is 2. The Kier molecular flexibility index (Phi) is 7.16. The normalized spacial score (nSPS) is 10.5. The molecule has 0 aliphatic carbocycles. The molecule has 0 spiro atoms. The first-order valence-corrected chi connectivity index (χ1v) is 8.60. The summed E-state index contributed by atoms with van der Waals surface area (Å²) in [6.45, 7) is 2.44. The molecule has 2 amide bonds. The van der Waals surface area contributed by atoms with Crippen LogP contribution in [0.25, 0.3) is 0 Å². The first-order chi connectivity index (χ1) is 12.5. The molecule has 0 unspecified atom stereocenters. The van der Waals surface area contributed by atoms with E-state index in [1.165, 1.54) is 12.3 Å². The summed E-state index contributed by atoms with van der Waals surface area (Å²) in [7, 11) is 0. The molecule has 0 saturated carbocycles. The Morgan fingerprint density at radius 2 is 1.92 bits per heavy atom. The van der Waals surface area contributed by atoms with Crippen LogP contribution in [0.3, 0.4) is 0 Å². The largest absolute Gasteiger partial charge is 0.507 e. The van der Waals surface area contributed by atoms with Gasteiger partial charge in [0.2, 0.25) is 11.8 Å². The Morgan fingerprint density at radius 3 is 2.62 bits per heavy atom. The number of amides is 2. The highest BCUT2D eigenvalue weighted by Crippen LogP contribution is 2.20. The molecule has 2 aromatic carbocycles. The molecule has 0 bridgehead atoms. The van der Waals surface area contributed by atoms with Crippen LogP contribution >= 0.6 is 15.9 Å². The third-order valence-corrected chi connectivity index (χ3v) is 3.65. The maximum absolute atomic E-state index is 11.9. The maximum atomic E-state index is 11.9. The predicted molar refractivity (Wildman–Crippen MR) is 102 cm³/mol. The summed E-state index contributed by atoms with van der Waals surface area (Å²) in [5, 5.41) is 16.0. The lowest BCUT2D eigenvalue weighted by Gasteiger charge is -2.06. The van der Waals surface area contributed by atoms with Crippen LogP contribution in [-0.4, -0.2) is 29.7 Å². The van der Waals surface area contributed by atoms with Crippen LogP contribution in [0.1, 0.15) is 18.9 Å². The van der Waals surface area contributed by atoms with Gasteiger partial charge in [-0.1, -0.05) is 15.9 Å². The van der Waals surface area contributed by atoms with Gasteiger partial charge in [-0.2, -0.15) is 5.10 Å². The van der Waals surface area contributed by atoms with Gasteiger partial charge >= 0.3 is 0 Å². The SMILES string of the molecule is CCOc1ccc(NC(=O)CC(=O)NN=Cc2cc(Br)ccc2O)cc1. The second kappa shape index (κ2) is 9.57. The number of anilines is 1. The molecule has 2 rings (SSSR count). The van der Waals surface area contributed by atoms with E-state index in [0.29, 0.717) is 23.6 Å². The van der Waals surface area contributed by atoms with Crippen LogP contribution in [0, 0.1) is 0 Å². The molecule has 0 radical (unpaired) electrons. The van der Waals surface area contributed by atoms with Gasteiger partial charge in [-0.05, 0) is 49.4 Å². The van der Waals surface area contributed by atoms with Gasteiger partial charge in [0.1, 0.15) is 17.9 Å². The molecule has 7 nitrogen and oxygen atoms in total. The summed E-state index contributed by atoms with van der Waals surface area (Å²) < 4.78 is 6.08. The van der Waals surface area contributed by atoms with Crippen molar-refractivity contribution >= 4 is 39.6 Å². The standard InChI is InChI=1S/C18H18BrN3O4/c1-2-26-15-6-4-14(5-7-15)21-17(24)10-18(25)22-20-11-12-9-13(19)3-8-16(12)23/h3-9,11,23H,2,10H2,1H3,(H,21,24)(H,22,25). The summed E-state index contributed by atoms with van der Waals surface area (Å²) in [5.41, 5.74) is 3.24. The Labute approximate surface area is 159 Å². The van der Waals surface area contributed by atoms with Crippen molar-refractivity contribution in [1.82, 2.24) is 5.43 Å². The maximum Gasteiger partial charge on any atom is 0.249 e. The minimum absolute atomic E-state index is 0.0273. The van der Waals surface area contributed by atoms with Crippen molar-refractivity contribution in [3.05, 3.63) is 52.5 Å². The average Bonchev–Trinajstić information content (AvgIpc) is 2.60. The highest BCUT2D eigenvalue weighted by atomic mass is 79.9. The number of ether oxygens (including phenoxy) is 1. The summed E-state index contributed by atoms with van der Waals surface area (Å²) in [5.74, 6) is -0.306. The summed E-state index contributed by atoms with van der Waals surface area (Å²) in [4.78, 5) is 23.6. The molecule has 0 atom stereocenters. The van der Waals surface area contributed by atoms with Crippen molar-refractivity contribution in [2.75, 3.05) is 11.9 Å². The van der Waals surface area contributed by atoms with Gasteiger partial charge in [0.25, 0.3) is 0 Å². The fraction of sp³-hybridized carbons (Fsp3) is 0.167. The molecular weight excluding hydrogens is 402 g/mol. The number of hydrogen-bond acceptors (Lipinski definition) is 5. The van der Waals surface area contributed by atoms with Crippen LogP contribution in [0.4, 0.5) is 5.69 Å². The molecule has 0 aliphatic rings. The lowest BCUT2D eigenvalue weighted by molar-refractivity contribution is -0.126. The molecule has 2 aromatic rings. The van der Waals surface area contributed by atoms with E-state index in [1.807, 2.05) is 6.92 Å². The Bertz CT molecular complexity index is 807. The van der Waals surface area contributed by atoms with E-state index in [9.17, 15) is 14.7 Å². The zero-order valence-electron chi connectivity index (χ0n) is 14.0. The van der Waals surface area contributed by atoms with Crippen molar-refractivity contribution in [2.45, 2.75) is 13.3 Å². The Balaban J connectivity index is 1.82. The molecule has 0 saturated heterocycles. The number of phenolic OH excluding ortho intramolecular Hbond substituents is 1. The molecule has 136 valence electrons. The minimum Gasteiger partial charge on any atom is -0.507 e. The first-order valence-electron chi connectivity index (χ1n) is 7.81. The fourth-order valence-corrected chi connectivity index (χ4v) is 2.37. The molecular formula is C18H18BrN3O4. The van der Waals surface area contributed by atoms with Crippen LogP contribution in [0.15, 0.2) is 52.0 Å². The minimum atomic E-state index is -0.570. The predicted octanol–water partition coefficient (Wildman–Crippen LogP) is 3.03. The van der Waals surface area contributed by atoms with Gasteiger partial charge in [-0.3, -0.25) is 9.59 Å². The Hall–Kier alpha value is -2.87. The van der Waals surface area contributed by atoms with Crippen molar-refractivity contribution < 1.29 is 19.4 Å². The quantitative estimate of drug-likeness (QED) is 0.364. The number of nitrogens with one attached hydrogen (secondary N) is 2.